The molecule has 1 atom stereocenters. The summed E-state index contributed by atoms with van der Waals surface area (Å²) in [5.41, 5.74) is 1.10. The predicted molar refractivity (Wildman–Crippen MR) is 80.9 cm³/mol. The maximum Gasteiger partial charge on any atom is 0.175 e. The van der Waals surface area contributed by atoms with Gasteiger partial charge in [0.25, 0.3) is 0 Å². The molecule has 0 spiro atoms. The average Bonchev–Trinajstić information content (AvgIpc) is 2.33. The Balaban J connectivity index is 2.15. The molecule has 0 saturated carbocycles. The molecule has 1 aliphatic rings. The van der Waals surface area contributed by atoms with E-state index in [1.54, 1.807) is 23.9 Å². The van der Waals surface area contributed by atoms with Crippen LogP contribution < -0.4 is 0 Å². The summed E-state index contributed by atoms with van der Waals surface area (Å²) in [6.45, 7) is 6.12. The van der Waals surface area contributed by atoms with Crippen molar-refractivity contribution < 1.29 is 8.42 Å². The van der Waals surface area contributed by atoms with Crippen molar-refractivity contribution in [1.82, 2.24) is 0 Å². The molecule has 0 saturated heterocycles. The van der Waals surface area contributed by atoms with Crippen LogP contribution in [0.4, 0.5) is 0 Å². The molecule has 2 rings (SSSR count). The highest BCUT2D eigenvalue weighted by atomic mass is 32.2. The second-order valence-corrected chi connectivity index (χ2v) is 7.78. The van der Waals surface area contributed by atoms with Gasteiger partial charge in [0.2, 0.25) is 0 Å². The summed E-state index contributed by atoms with van der Waals surface area (Å²) < 4.78 is 22.7. The van der Waals surface area contributed by atoms with Gasteiger partial charge in [-0.1, -0.05) is 37.4 Å². The Morgan fingerprint density at radius 1 is 1.21 bits per heavy atom. The van der Waals surface area contributed by atoms with Gasteiger partial charge in [-0.05, 0) is 41.8 Å². The minimum absolute atomic E-state index is 0.350. The first kappa shape index (κ1) is 14.2. The van der Waals surface area contributed by atoms with Gasteiger partial charge in [-0.2, -0.15) is 0 Å². The van der Waals surface area contributed by atoms with E-state index in [0.717, 1.165) is 15.4 Å². The number of benzene rings is 1. The van der Waals surface area contributed by atoms with Gasteiger partial charge in [0.15, 0.2) is 9.84 Å². The van der Waals surface area contributed by atoms with Crippen molar-refractivity contribution >= 4 is 21.6 Å². The summed E-state index contributed by atoms with van der Waals surface area (Å²) in [5, 5.41) is 0. The Labute approximate surface area is 118 Å². The quantitative estimate of drug-likeness (QED) is 0.849. The molecule has 0 aromatic heterocycles. The molecule has 0 bridgehead atoms. The molecule has 1 aliphatic carbocycles. The van der Waals surface area contributed by atoms with Crippen LogP contribution in [0.25, 0.3) is 0 Å². The number of sulfone groups is 1. The molecule has 0 fully saturated rings. The Kier molecular flexibility index (Phi) is 4.02. The van der Waals surface area contributed by atoms with Crippen LogP contribution in [0.1, 0.15) is 6.92 Å². The van der Waals surface area contributed by atoms with Gasteiger partial charge in [-0.25, -0.2) is 8.42 Å². The molecule has 0 amide bonds. The molecule has 0 aliphatic heterocycles. The number of rotatable bonds is 3. The second-order valence-electron chi connectivity index (χ2n) is 4.62. The average molecular weight is 292 g/mol. The van der Waals surface area contributed by atoms with E-state index in [4.69, 9.17) is 0 Å². The van der Waals surface area contributed by atoms with Crippen LogP contribution in [0.5, 0.6) is 0 Å². The third-order valence-corrected chi connectivity index (χ3v) is 5.08. The smallest absolute Gasteiger partial charge is 0.175 e. The van der Waals surface area contributed by atoms with Gasteiger partial charge < -0.3 is 0 Å². The lowest BCUT2D eigenvalue weighted by molar-refractivity contribution is 0.602. The fourth-order valence-electron chi connectivity index (χ4n) is 1.68. The lowest BCUT2D eigenvalue weighted by Crippen LogP contribution is -1.97. The third-order valence-electron chi connectivity index (χ3n) is 2.95. The summed E-state index contributed by atoms with van der Waals surface area (Å²) in [6.07, 6.45) is 7.48. The Hall–Kier alpha value is -1.26. The summed E-state index contributed by atoms with van der Waals surface area (Å²) in [7, 11) is -3.12. The van der Waals surface area contributed by atoms with Crippen LogP contribution in [-0.4, -0.2) is 14.7 Å². The van der Waals surface area contributed by atoms with Gasteiger partial charge in [0.1, 0.15) is 0 Å². The van der Waals surface area contributed by atoms with Crippen molar-refractivity contribution in [3.05, 3.63) is 59.6 Å². The van der Waals surface area contributed by atoms with E-state index in [2.05, 4.69) is 31.7 Å². The van der Waals surface area contributed by atoms with Crippen molar-refractivity contribution in [3.8, 4) is 0 Å². The van der Waals surface area contributed by atoms with Gasteiger partial charge >= 0.3 is 0 Å². The van der Waals surface area contributed by atoms with Gasteiger partial charge in [0, 0.05) is 16.1 Å². The maximum absolute atomic E-state index is 11.4. The molecule has 1 aromatic carbocycles. The van der Waals surface area contributed by atoms with Crippen LogP contribution >= 0.6 is 11.8 Å². The monoisotopic (exact) mass is 292 g/mol. The van der Waals surface area contributed by atoms with Crippen LogP contribution in [0.3, 0.4) is 0 Å². The predicted octanol–water partition coefficient (Wildman–Crippen LogP) is 3.83. The lowest BCUT2D eigenvalue weighted by atomic mass is 9.98. The minimum Gasteiger partial charge on any atom is -0.224 e. The van der Waals surface area contributed by atoms with E-state index in [-0.39, 0.29) is 0 Å². The molecule has 100 valence electrons. The third kappa shape index (κ3) is 3.61. The molecule has 1 unspecified atom stereocenters. The molecular weight excluding hydrogens is 276 g/mol. The number of hydrogen-bond acceptors (Lipinski definition) is 3. The fourth-order valence-corrected chi connectivity index (χ4v) is 3.21. The summed E-state index contributed by atoms with van der Waals surface area (Å²) in [4.78, 5) is 2.49. The van der Waals surface area contributed by atoms with Crippen molar-refractivity contribution in [2.24, 2.45) is 5.92 Å². The topological polar surface area (TPSA) is 34.1 Å². The van der Waals surface area contributed by atoms with Crippen LogP contribution in [-0.2, 0) is 9.84 Å². The number of thioether (sulfide) groups is 1. The van der Waals surface area contributed by atoms with E-state index >= 15 is 0 Å². The lowest BCUT2D eigenvalue weighted by Gasteiger charge is -2.14. The summed E-state index contributed by atoms with van der Waals surface area (Å²) in [6, 6.07) is 6.94. The zero-order valence-corrected chi connectivity index (χ0v) is 12.6. The van der Waals surface area contributed by atoms with Gasteiger partial charge in [-0.3, -0.25) is 0 Å². The standard InChI is InChI=1S/C15H16O2S2/c1-11-4-5-14(10-12(11)2)18-13-6-8-15(9-7-13)19(3,16)17/h4-11H,2H2,1,3H3. The normalized spacial score (nSPS) is 19.4. The van der Waals surface area contributed by atoms with Crippen molar-refractivity contribution in [2.75, 3.05) is 6.26 Å². The van der Waals surface area contributed by atoms with Gasteiger partial charge in [0.05, 0.1) is 4.90 Å². The molecule has 0 heterocycles. The summed E-state index contributed by atoms with van der Waals surface area (Å²) in [5.74, 6) is 0.386. The van der Waals surface area contributed by atoms with E-state index in [1.165, 1.54) is 6.26 Å². The first-order valence-electron chi connectivity index (χ1n) is 5.93. The van der Waals surface area contributed by atoms with Crippen LogP contribution in [0.15, 0.2) is 69.3 Å². The molecule has 0 N–H and O–H groups in total. The molecule has 19 heavy (non-hydrogen) atoms. The van der Waals surface area contributed by atoms with E-state index in [1.807, 2.05) is 12.1 Å². The molecular formula is C15H16O2S2. The number of allylic oxidation sites excluding steroid dienone is 4. The van der Waals surface area contributed by atoms with Crippen LogP contribution in [0.2, 0.25) is 0 Å². The van der Waals surface area contributed by atoms with Crippen LogP contribution in [0, 0.1) is 5.92 Å². The SMILES string of the molecule is C=C1C=C(Sc2ccc(S(C)(=O)=O)cc2)C=CC1C. The van der Waals surface area contributed by atoms with E-state index in [0.29, 0.717) is 10.8 Å². The first-order chi connectivity index (χ1) is 8.86. The molecule has 2 nitrogen and oxygen atoms in total. The molecule has 4 heteroatoms. The first-order valence-corrected chi connectivity index (χ1v) is 8.64. The zero-order valence-electron chi connectivity index (χ0n) is 11.0. The minimum atomic E-state index is -3.12. The summed E-state index contributed by atoms with van der Waals surface area (Å²) >= 11 is 1.61. The number of hydrogen-bond donors (Lipinski definition) is 0. The molecule has 1 aromatic rings. The Morgan fingerprint density at radius 2 is 1.84 bits per heavy atom. The fraction of sp³-hybridized carbons (Fsp3) is 0.200. The van der Waals surface area contributed by atoms with Crippen molar-refractivity contribution in [3.63, 3.8) is 0 Å². The Bertz CT molecular complexity index is 650. The largest absolute Gasteiger partial charge is 0.224 e. The van der Waals surface area contributed by atoms with E-state index < -0.39 is 9.84 Å². The zero-order chi connectivity index (χ0) is 14.0. The highest BCUT2D eigenvalue weighted by Gasteiger charge is 2.10. The highest BCUT2D eigenvalue weighted by molar-refractivity contribution is 8.03. The second kappa shape index (κ2) is 5.39. The van der Waals surface area contributed by atoms with Crippen molar-refractivity contribution in [2.45, 2.75) is 16.7 Å². The van der Waals surface area contributed by atoms with Crippen molar-refractivity contribution in [1.29, 1.82) is 0 Å². The van der Waals surface area contributed by atoms with Gasteiger partial charge in [-0.15, -0.1) is 0 Å². The molecule has 0 radical (unpaired) electrons. The van der Waals surface area contributed by atoms with E-state index in [9.17, 15) is 8.42 Å². The maximum atomic E-state index is 11.4. The Morgan fingerprint density at radius 3 is 2.37 bits per heavy atom. The highest BCUT2D eigenvalue weighted by Crippen LogP contribution is 2.33.